The average molecular weight is 276 g/mol. The molecule has 1 aromatic carbocycles. The van der Waals surface area contributed by atoms with Crippen molar-refractivity contribution in [3.8, 4) is 5.75 Å². The van der Waals surface area contributed by atoms with Crippen LogP contribution in [0.25, 0.3) is 0 Å². The van der Waals surface area contributed by atoms with E-state index in [1.54, 1.807) is 0 Å². The largest absolute Gasteiger partial charge is 0.493 e. The molecule has 1 heterocycles. The molecule has 3 heteroatoms. The Morgan fingerprint density at radius 1 is 1.25 bits per heavy atom. The molecule has 0 saturated carbocycles. The van der Waals surface area contributed by atoms with Crippen LogP contribution < -0.4 is 16.0 Å². The Balaban J connectivity index is 1.96. The molecule has 1 unspecified atom stereocenters. The maximum Gasteiger partial charge on any atom is 0.127 e. The number of para-hydroxylation sites is 1. The summed E-state index contributed by atoms with van der Waals surface area (Å²) in [7, 11) is 0. The number of hydrogen-bond acceptors (Lipinski definition) is 3. The monoisotopic (exact) mass is 276 g/mol. The number of ether oxygens (including phenoxy) is 1. The van der Waals surface area contributed by atoms with Crippen molar-refractivity contribution in [1.29, 1.82) is 0 Å². The summed E-state index contributed by atoms with van der Waals surface area (Å²) in [6.07, 6.45) is 9.80. The Bertz CT molecular complexity index is 406. The Morgan fingerprint density at radius 3 is 2.90 bits per heavy atom. The lowest BCUT2D eigenvalue weighted by atomic mass is 9.95. The maximum absolute atomic E-state index is 5.89. The second kappa shape index (κ2) is 8.28. The first-order valence-corrected chi connectivity index (χ1v) is 8.07. The number of nitrogens with one attached hydrogen (secondary N) is 1. The van der Waals surface area contributed by atoms with Gasteiger partial charge in [-0.1, -0.05) is 57.2 Å². The van der Waals surface area contributed by atoms with Crippen LogP contribution in [0.5, 0.6) is 5.75 Å². The first-order valence-electron chi connectivity index (χ1n) is 8.07. The molecule has 1 atom stereocenters. The SMILES string of the molecule is CCCCCCCC(NN)c1cccc2c1OCCC2. The highest BCUT2D eigenvalue weighted by atomic mass is 16.5. The van der Waals surface area contributed by atoms with Crippen LogP contribution >= 0.6 is 0 Å². The van der Waals surface area contributed by atoms with E-state index in [2.05, 4.69) is 30.5 Å². The van der Waals surface area contributed by atoms with Crippen molar-refractivity contribution in [3.05, 3.63) is 29.3 Å². The number of hydrazine groups is 1. The Labute approximate surface area is 122 Å². The van der Waals surface area contributed by atoms with Gasteiger partial charge in [0.2, 0.25) is 0 Å². The maximum atomic E-state index is 5.89. The van der Waals surface area contributed by atoms with E-state index in [0.717, 1.165) is 31.6 Å². The van der Waals surface area contributed by atoms with E-state index in [4.69, 9.17) is 10.6 Å². The molecule has 0 saturated heterocycles. The normalized spacial score (nSPS) is 15.5. The van der Waals surface area contributed by atoms with Gasteiger partial charge in [-0.25, -0.2) is 0 Å². The first-order chi connectivity index (χ1) is 9.86. The highest BCUT2D eigenvalue weighted by molar-refractivity contribution is 5.44. The lowest BCUT2D eigenvalue weighted by molar-refractivity contribution is 0.280. The van der Waals surface area contributed by atoms with Gasteiger partial charge in [0.15, 0.2) is 0 Å². The number of benzene rings is 1. The van der Waals surface area contributed by atoms with E-state index in [9.17, 15) is 0 Å². The second-order valence-electron chi connectivity index (χ2n) is 5.71. The molecule has 0 radical (unpaired) electrons. The predicted molar refractivity (Wildman–Crippen MR) is 83.7 cm³/mol. The highest BCUT2D eigenvalue weighted by Crippen LogP contribution is 2.34. The minimum Gasteiger partial charge on any atom is -0.493 e. The van der Waals surface area contributed by atoms with E-state index < -0.39 is 0 Å². The van der Waals surface area contributed by atoms with Crippen LogP contribution in [0.1, 0.15) is 69.0 Å². The summed E-state index contributed by atoms with van der Waals surface area (Å²) in [4.78, 5) is 0. The third-order valence-corrected chi connectivity index (χ3v) is 4.14. The lowest BCUT2D eigenvalue weighted by Crippen LogP contribution is -2.29. The smallest absolute Gasteiger partial charge is 0.127 e. The van der Waals surface area contributed by atoms with Crippen molar-refractivity contribution < 1.29 is 4.74 Å². The van der Waals surface area contributed by atoms with Crippen LogP contribution in [0.3, 0.4) is 0 Å². The fourth-order valence-corrected chi connectivity index (χ4v) is 2.97. The molecule has 0 aliphatic carbocycles. The van der Waals surface area contributed by atoms with Crippen molar-refractivity contribution in [2.75, 3.05) is 6.61 Å². The van der Waals surface area contributed by atoms with E-state index in [1.807, 2.05) is 0 Å². The number of aryl methyl sites for hydroxylation is 1. The molecule has 0 fully saturated rings. The Morgan fingerprint density at radius 2 is 2.10 bits per heavy atom. The highest BCUT2D eigenvalue weighted by Gasteiger charge is 2.19. The molecule has 2 rings (SSSR count). The quantitative estimate of drug-likeness (QED) is 0.430. The van der Waals surface area contributed by atoms with Crippen molar-refractivity contribution in [1.82, 2.24) is 5.43 Å². The van der Waals surface area contributed by atoms with Crippen molar-refractivity contribution in [2.45, 2.75) is 64.3 Å². The fraction of sp³-hybridized carbons (Fsp3) is 0.647. The second-order valence-corrected chi connectivity index (χ2v) is 5.71. The third-order valence-electron chi connectivity index (χ3n) is 4.14. The van der Waals surface area contributed by atoms with Crippen molar-refractivity contribution in [2.24, 2.45) is 5.84 Å². The van der Waals surface area contributed by atoms with Crippen LogP contribution in [0.15, 0.2) is 18.2 Å². The van der Waals surface area contributed by atoms with Gasteiger partial charge in [0, 0.05) is 11.6 Å². The standard InChI is InChI=1S/C17H28N2O/c1-2-3-4-5-6-12-16(19-18)15-11-7-9-14-10-8-13-20-17(14)15/h7,9,11,16,19H,2-6,8,10,12-13,18H2,1H3. The molecular weight excluding hydrogens is 248 g/mol. The summed E-state index contributed by atoms with van der Waals surface area (Å²) in [5, 5.41) is 0. The Hall–Kier alpha value is -1.06. The number of rotatable bonds is 8. The zero-order valence-corrected chi connectivity index (χ0v) is 12.7. The van der Waals surface area contributed by atoms with Crippen LogP contribution in [-0.4, -0.2) is 6.61 Å². The summed E-state index contributed by atoms with van der Waals surface area (Å²) in [6, 6.07) is 6.67. The number of nitrogens with two attached hydrogens (primary N) is 1. The van der Waals surface area contributed by atoms with Gasteiger partial charge in [-0.2, -0.15) is 0 Å². The molecule has 0 spiro atoms. The van der Waals surface area contributed by atoms with E-state index in [0.29, 0.717) is 0 Å². The van der Waals surface area contributed by atoms with Gasteiger partial charge in [0.25, 0.3) is 0 Å². The van der Waals surface area contributed by atoms with Crippen molar-refractivity contribution >= 4 is 0 Å². The minimum atomic E-state index is 0.213. The summed E-state index contributed by atoms with van der Waals surface area (Å²) >= 11 is 0. The Kier molecular flexibility index (Phi) is 6.34. The summed E-state index contributed by atoms with van der Waals surface area (Å²) in [6.45, 7) is 3.08. The minimum absolute atomic E-state index is 0.213. The molecule has 0 amide bonds. The fourth-order valence-electron chi connectivity index (χ4n) is 2.97. The first kappa shape index (κ1) is 15.3. The summed E-state index contributed by atoms with van der Waals surface area (Å²) < 4.78 is 5.89. The predicted octanol–water partition coefficient (Wildman–Crippen LogP) is 3.88. The topological polar surface area (TPSA) is 47.3 Å². The van der Waals surface area contributed by atoms with Gasteiger partial charge < -0.3 is 4.74 Å². The van der Waals surface area contributed by atoms with Crippen LogP contribution in [0.2, 0.25) is 0 Å². The van der Waals surface area contributed by atoms with Gasteiger partial charge in [0.1, 0.15) is 5.75 Å². The van der Waals surface area contributed by atoms with E-state index >= 15 is 0 Å². The third kappa shape index (κ3) is 3.97. The molecule has 3 N–H and O–H groups in total. The number of fused-ring (bicyclic) bond motifs is 1. The molecular formula is C17H28N2O. The number of unbranched alkanes of at least 4 members (excludes halogenated alkanes) is 4. The number of hydrogen-bond donors (Lipinski definition) is 2. The summed E-state index contributed by atoms with van der Waals surface area (Å²) in [5.74, 6) is 6.85. The molecule has 1 aliphatic heterocycles. The molecule has 3 nitrogen and oxygen atoms in total. The van der Waals surface area contributed by atoms with Gasteiger partial charge in [-0.3, -0.25) is 11.3 Å². The lowest BCUT2D eigenvalue weighted by Gasteiger charge is -2.25. The molecule has 1 aromatic rings. The zero-order valence-electron chi connectivity index (χ0n) is 12.7. The summed E-state index contributed by atoms with van der Waals surface area (Å²) in [5.41, 5.74) is 5.55. The van der Waals surface area contributed by atoms with Crippen molar-refractivity contribution in [3.63, 3.8) is 0 Å². The van der Waals surface area contributed by atoms with Gasteiger partial charge in [-0.15, -0.1) is 0 Å². The molecule has 1 aliphatic rings. The van der Waals surface area contributed by atoms with Crippen LogP contribution in [0, 0.1) is 0 Å². The van der Waals surface area contributed by atoms with E-state index in [1.165, 1.54) is 43.2 Å². The van der Waals surface area contributed by atoms with Crippen LogP contribution in [-0.2, 0) is 6.42 Å². The van der Waals surface area contributed by atoms with Crippen LogP contribution in [0.4, 0.5) is 0 Å². The van der Waals surface area contributed by atoms with E-state index in [-0.39, 0.29) is 6.04 Å². The molecule has 112 valence electrons. The van der Waals surface area contributed by atoms with Gasteiger partial charge in [0.05, 0.1) is 6.61 Å². The zero-order chi connectivity index (χ0) is 14.2. The average Bonchev–Trinajstić information content (AvgIpc) is 2.51. The van der Waals surface area contributed by atoms with Gasteiger partial charge >= 0.3 is 0 Å². The molecule has 20 heavy (non-hydrogen) atoms. The van der Waals surface area contributed by atoms with Gasteiger partial charge in [-0.05, 0) is 24.8 Å². The molecule has 0 aromatic heterocycles. The molecule has 0 bridgehead atoms.